The van der Waals surface area contributed by atoms with Gasteiger partial charge in [-0.2, -0.15) is 13.2 Å². The molecule has 19 heavy (non-hydrogen) atoms. The quantitative estimate of drug-likeness (QED) is 0.879. The van der Waals surface area contributed by atoms with Gasteiger partial charge in [0.15, 0.2) is 0 Å². The summed E-state index contributed by atoms with van der Waals surface area (Å²) in [6.07, 6.45) is -3.49. The highest BCUT2D eigenvalue weighted by Gasteiger charge is 2.44. The summed E-state index contributed by atoms with van der Waals surface area (Å²) in [5, 5.41) is 0. The van der Waals surface area contributed by atoms with Gasteiger partial charge >= 0.3 is 6.18 Å². The molecule has 0 bridgehead atoms. The van der Waals surface area contributed by atoms with Crippen molar-refractivity contribution in [3.05, 3.63) is 47.0 Å². The molecule has 2 nitrogen and oxygen atoms in total. The number of allylic oxidation sites excluding steroid dienone is 1. The maximum Gasteiger partial charge on any atom is 0.413 e. The predicted molar refractivity (Wildman–Crippen MR) is 65.3 cm³/mol. The minimum Gasteiger partial charge on any atom is -0.366 e. The number of alkyl halides is 3. The lowest BCUT2D eigenvalue weighted by Gasteiger charge is -2.29. The van der Waals surface area contributed by atoms with E-state index in [0.717, 1.165) is 0 Å². The lowest BCUT2D eigenvalue weighted by Crippen LogP contribution is -2.29. The van der Waals surface area contributed by atoms with E-state index < -0.39 is 23.6 Å². The Balaban J connectivity index is 2.54. The van der Waals surface area contributed by atoms with Gasteiger partial charge in [0.1, 0.15) is 0 Å². The van der Waals surface area contributed by atoms with Gasteiger partial charge in [-0.25, -0.2) is 0 Å². The van der Waals surface area contributed by atoms with E-state index in [4.69, 9.17) is 5.73 Å². The van der Waals surface area contributed by atoms with Gasteiger partial charge in [-0.05, 0) is 24.8 Å². The Labute approximate surface area is 109 Å². The van der Waals surface area contributed by atoms with Crippen molar-refractivity contribution < 1.29 is 18.0 Å². The molecule has 1 atom stereocenters. The Bertz CT molecular complexity index is 505. The molecule has 1 aliphatic carbocycles. The molecule has 2 N–H and O–H groups in total. The van der Waals surface area contributed by atoms with Crippen LogP contribution in [0.2, 0.25) is 0 Å². The highest BCUT2D eigenvalue weighted by Crippen LogP contribution is 2.45. The van der Waals surface area contributed by atoms with Crippen molar-refractivity contribution in [2.45, 2.75) is 31.4 Å². The molecule has 0 fully saturated rings. The van der Waals surface area contributed by atoms with Crippen LogP contribution < -0.4 is 5.73 Å². The number of halogens is 3. The molecule has 1 aromatic carbocycles. The molecule has 0 spiro atoms. The molecule has 2 rings (SSSR count). The van der Waals surface area contributed by atoms with Gasteiger partial charge in [0, 0.05) is 17.1 Å². The molecule has 1 amide bonds. The molecule has 0 aromatic heterocycles. The summed E-state index contributed by atoms with van der Waals surface area (Å²) in [4.78, 5) is 11.3. The largest absolute Gasteiger partial charge is 0.413 e. The smallest absolute Gasteiger partial charge is 0.366 e. The minimum atomic E-state index is -4.52. The number of rotatable bonds is 2. The first kappa shape index (κ1) is 13.6. The second-order valence-electron chi connectivity index (χ2n) is 4.61. The predicted octanol–water partition coefficient (Wildman–Crippen LogP) is 3.30. The van der Waals surface area contributed by atoms with Crippen molar-refractivity contribution >= 4 is 5.91 Å². The molecule has 1 unspecified atom stereocenters. The summed E-state index contributed by atoms with van der Waals surface area (Å²) in [6.45, 7) is 0. The zero-order valence-electron chi connectivity index (χ0n) is 10.2. The molecule has 1 aromatic rings. The standard InChI is InChI=1S/C14H14F3NO/c15-14(16,17)12-10(9-5-2-1-3-6-9)7-4-8-11(12)13(18)19/h1-3,5-6,10H,4,7-8H2,(H2,18,19). The summed E-state index contributed by atoms with van der Waals surface area (Å²) in [5.41, 5.74) is 4.64. The highest BCUT2D eigenvalue weighted by atomic mass is 19.4. The number of hydrogen-bond donors (Lipinski definition) is 1. The van der Waals surface area contributed by atoms with Gasteiger partial charge < -0.3 is 5.73 Å². The van der Waals surface area contributed by atoms with Crippen LogP contribution in [0.3, 0.4) is 0 Å². The first-order valence-corrected chi connectivity index (χ1v) is 6.06. The lowest BCUT2D eigenvalue weighted by atomic mass is 9.78. The van der Waals surface area contributed by atoms with Crippen LogP contribution in [0.15, 0.2) is 41.5 Å². The Morgan fingerprint density at radius 1 is 1.21 bits per heavy atom. The molecular formula is C14H14F3NO. The topological polar surface area (TPSA) is 43.1 Å². The monoisotopic (exact) mass is 269 g/mol. The molecule has 1 aliphatic rings. The van der Waals surface area contributed by atoms with Crippen molar-refractivity contribution in [2.24, 2.45) is 5.73 Å². The van der Waals surface area contributed by atoms with Crippen molar-refractivity contribution in [3.8, 4) is 0 Å². The molecular weight excluding hydrogens is 255 g/mol. The van der Waals surface area contributed by atoms with Crippen molar-refractivity contribution in [1.29, 1.82) is 0 Å². The third kappa shape index (κ3) is 2.80. The van der Waals surface area contributed by atoms with Crippen LogP contribution in [0.4, 0.5) is 13.2 Å². The second-order valence-corrected chi connectivity index (χ2v) is 4.61. The van der Waals surface area contributed by atoms with Crippen LogP contribution in [0.5, 0.6) is 0 Å². The van der Waals surface area contributed by atoms with E-state index in [-0.39, 0.29) is 12.0 Å². The summed E-state index contributed by atoms with van der Waals surface area (Å²) >= 11 is 0. The van der Waals surface area contributed by atoms with Crippen molar-refractivity contribution in [2.75, 3.05) is 0 Å². The number of carbonyl (C=O) groups is 1. The zero-order valence-corrected chi connectivity index (χ0v) is 10.2. The van der Waals surface area contributed by atoms with Crippen LogP contribution in [0, 0.1) is 0 Å². The lowest BCUT2D eigenvalue weighted by molar-refractivity contribution is -0.118. The maximum absolute atomic E-state index is 13.2. The van der Waals surface area contributed by atoms with E-state index in [1.54, 1.807) is 30.3 Å². The van der Waals surface area contributed by atoms with Crippen LogP contribution in [-0.4, -0.2) is 12.1 Å². The van der Waals surface area contributed by atoms with E-state index in [1.807, 2.05) is 0 Å². The number of benzene rings is 1. The fourth-order valence-corrected chi connectivity index (χ4v) is 2.62. The third-order valence-electron chi connectivity index (χ3n) is 3.40. The van der Waals surface area contributed by atoms with E-state index in [9.17, 15) is 18.0 Å². The van der Waals surface area contributed by atoms with E-state index >= 15 is 0 Å². The molecule has 0 aliphatic heterocycles. The SMILES string of the molecule is NC(=O)C1=C(C(F)(F)F)C(c2ccccc2)CCC1. The first-order valence-electron chi connectivity index (χ1n) is 6.06. The maximum atomic E-state index is 13.2. The summed E-state index contributed by atoms with van der Waals surface area (Å²) < 4.78 is 39.7. The van der Waals surface area contributed by atoms with Crippen LogP contribution in [0.1, 0.15) is 30.7 Å². The first-order chi connectivity index (χ1) is 8.91. The van der Waals surface area contributed by atoms with E-state index in [2.05, 4.69) is 0 Å². The van der Waals surface area contributed by atoms with Crippen molar-refractivity contribution in [3.63, 3.8) is 0 Å². The highest BCUT2D eigenvalue weighted by molar-refractivity contribution is 5.93. The van der Waals surface area contributed by atoms with Gasteiger partial charge in [0.05, 0.1) is 0 Å². The van der Waals surface area contributed by atoms with E-state index in [1.165, 1.54) is 0 Å². The van der Waals surface area contributed by atoms with Gasteiger partial charge in [-0.3, -0.25) is 4.79 Å². The number of primary amides is 1. The number of amides is 1. The van der Waals surface area contributed by atoms with Gasteiger partial charge in [-0.15, -0.1) is 0 Å². The summed E-state index contributed by atoms with van der Waals surface area (Å²) in [6, 6.07) is 8.45. The van der Waals surface area contributed by atoms with E-state index in [0.29, 0.717) is 18.4 Å². The van der Waals surface area contributed by atoms with Crippen LogP contribution in [0.25, 0.3) is 0 Å². The molecule has 0 saturated carbocycles. The Hall–Kier alpha value is -1.78. The summed E-state index contributed by atoms with van der Waals surface area (Å²) in [5.74, 6) is -1.76. The molecule has 0 radical (unpaired) electrons. The second kappa shape index (κ2) is 5.07. The third-order valence-corrected chi connectivity index (χ3v) is 3.40. The Kier molecular flexibility index (Phi) is 3.64. The van der Waals surface area contributed by atoms with Gasteiger partial charge in [-0.1, -0.05) is 30.3 Å². The van der Waals surface area contributed by atoms with Crippen molar-refractivity contribution in [1.82, 2.24) is 0 Å². The number of nitrogens with two attached hydrogens (primary N) is 1. The average Bonchev–Trinajstić information content (AvgIpc) is 2.38. The normalized spacial score (nSPS) is 20.5. The Morgan fingerprint density at radius 2 is 1.84 bits per heavy atom. The van der Waals surface area contributed by atoms with Gasteiger partial charge in [0.25, 0.3) is 0 Å². The number of hydrogen-bond acceptors (Lipinski definition) is 1. The average molecular weight is 269 g/mol. The molecule has 0 saturated heterocycles. The fraction of sp³-hybridized carbons (Fsp3) is 0.357. The number of carbonyl (C=O) groups excluding carboxylic acids is 1. The Morgan fingerprint density at radius 3 is 2.37 bits per heavy atom. The zero-order chi connectivity index (χ0) is 14.0. The fourth-order valence-electron chi connectivity index (χ4n) is 2.62. The minimum absolute atomic E-state index is 0.105. The molecule has 5 heteroatoms. The molecule has 0 heterocycles. The summed E-state index contributed by atoms with van der Waals surface area (Å²) in [7, 11) is 0. The van der Waals surface area contributed by atoms with Crippen LogP contribution >= 0.6 is 0 Å². The van der Waals surface area contributed by atoms with Gasteiger partial charge in [0.2, 0.25) is 5.91 Å². The van der Waals surface area contributed by atoms with Crippen LogP contribution in [-0.2, 0) is 4.79 Å². The molecule has 102 valence electrons.